The number of halogens is 2. The van der Waals surface area contributed by atoms with E-state index in [1.807, 2.05) is 0 Å². The van der Waals surface area contributed by atoms with Crippen molar-refractivity contribution in [2.45, 2.75) is 0 Å². The lowest BCUT2D eigenvalue weighted by Crippen LogP contribution is -2.12. The first-order valence-electron chi connectivity index (χ1n) is 3.70. The predicted molar refractivity (Wildman–Crippen MR) is 52.7 cm³/mol. The molecule has 0 spiro atoms. The Balaban J connectivity index is 3.25. The molecule has 0 bridgehead atoms. The average molecular weight is 239 g/mol. The lowest BCUT2D eigenvalue weighted by atomic mass is 10.3. The first-order valence-corrected chi connectivity index (χ1v) is 5.62. The second kappa shape index (κ2) is 4.41. The van der Waals surface area contributed by atoms with Crippen LogP contribution in [0.2, 0.25) is 5.02 Å². The minimum Gasteiger partial charge on any atom is -0.308 e. The van der Waals surface area contributed by atoms with E-state index in [4.69, 9.17) is 11.6 Å². The fraction of sp³-hybridized carbons (Fsp3) is 0.250. The molecule has 78 valence electrons. The van der Waals surface area contributed by atoms with Crippen LogP contribution in [0.1, 0.15) is 0 Å². The van der Waals surface area contributed by atoms with Gasteiger partial charge in [0.05, 0.1) is 5.30 Å². The second-order valence-corrected chi connectivity index (χ2v) is 5.10. The first-order chi connectivity index (χ1) is 6.53. The van der Waals surface area contributed by atoms with Crippen molar-refractivity contribution in [3.63, 3.8) is 0 Å². The summed E-state index contributed by atoms with van der Waals surface area (Å²) in [4.78, 5) is 0. The van der Waals surface area contributed by atoms with Crippen molar-refractivity contribution in [1.29, 1.82) is 0 Å². The van der Waals surface area contributed by atoms with Gasteiger partial charge in [0, 0.05) is 19.2 Å². The van der Waals surface area contributed by atoms with Gasteiger partial charge in [0.15, 0.2) is 0 Å². The Hall–Kier alpha value is -0.410. The molecule has 0 N–H and O–H groups in total. The smallest absolute Gasteiger partial charge is 0.308 e. The molecule has 6 heteroatoms. The summed E-state index contributed by atoms with van der Waals surface area (Å²) in [6.07, 6.45) is 0. The maximum absolute atomic E-state index is 13.3. The number of benzene rings is 1. The Labute approximate surface area is 86.3 Å². The van der Waals surface area contributed by atoms with Crippen LogP contribution >= 0.6 is 19.2 Å². The molecule has 14 heavy (non-hydrogen) atoms. The Bertz CT molecular complexity index is 375. The van der Waals surface area contributed by atoms with Gasteiger partial charge >= 0.3 is 7.60 Å². The zero-order valence-electron chi connectivity index (χ0n) is 7.66. The normalized spacial score (nSPS) is 11.7. The summed E-state index contributed by atoms with van der Waals surface area (Å²) in [7, 11) is -1.14. The van der Waals surface area contributed by atoms with Crippen LogP contribution in [0.25, 0.3) is 0 Å². The van der Waals surface area contributed by atoms with Crippen LogP contribution in [-0.4, -0.2) is 14.2 Å². The highest BCUT2D eigenvalue weighted by Crippen LogP contribution is 2.45. The van der Waals surface area contributed by atoms with E-state index in [0.29, 0.717) is 0 Å². The molecule has 0 unspecified atom stereocenters. The summed E-state index contributed by atoms with van der Waals surface area (Å²) in [5.41, 5.74) is 0. The monoisotopic (exact) mass is 238 g/mol. The van der Waals surface area contributed by atoms with E-state index < -0.39 is 13.4 Å². The molecule has 0 heterocycles. The highest BCUT2D eigenvalue weighted by atomic mass is 35.5. The third-order valence-electron chi connectivity index (χ3n) is 1.69. The van der Waals surface area contributed by atoms with Crippen LogP contribution in [0.4, 0.5) is 4.39 Å². The van der Waals surface area contributed by atoms with Crippen molar-refractivity contribution in [3.8, 4) is 0 Å². The van der Waals surface area contributed by atoms with Gasteiger partial charge in [0.2, 0.25) is 0 Å². The number of hydrogen-bond acceptors (Lipinski definition) is 3. The molecule has 0 saturated heterocycles. The highest BCUT2D eigenvalue weighted by Gasteiger charge is 2.28. The van der Waals surface area contributed by atoms with Gasteiger partial charge in [-0.3, -0.25) is 4.57 Å². The fourth-order valence-electron chi connectivity index (χ4n) is 0.975. The Morgan fingerprint density at radius 3 is 2.36 bits per heavy atom. The zero-order chi connectivity index (χ0) is 10.8. The number of rotatable bonds is 3. The summed E-state index contributed by atoms with van der Waals surface area (Å²) in [6.45, 7) is 0. The first kappa shape index (κ1) is 11.7. The van der Waals surface area contributed by atoms with Crippen molar-refractivity contribution in [2.24, 2.45) is 0 Å². The molecule has 0 amide bonds. The summed E-state index contributed by atoms with van der Waals surface area (Å²) < 4.78 is 34.3. The van der Waals surface area contributed by atoms with Crippen molar-refractivity contribution in [2.75, 3.05) is 14.2 Å². The lowest BCUT2D eigenvalue weighted by Gasteiger charge is -2.14. The summed E-state index contributed by atoms with van der Waals surface area (Å²) in [5.74, 6) is -0.704. The molecule has 0 saturated carbocycles. The minimum atomic E-state index is -3.52. The van der Waals surface area contributed by atoms with E-state index >= 15 is 0 Å². The summed E-state index contributed by atoms with van der Waals surface area (Å²) >= 11 is 5.54. The molecular weight excluding hydrogens is 230 g/mol. The van der Waals surface area contributed by atoms with Crippen molar-refractivity contribution in [1.82, 2.24) is 0 Å². The van der Waals surface area contributed by atoms with Crippen molar-refractivity contribution >= 4 is 24.5 Å². The van der Waals surface area contributed by atoms with Gasteiger partial charge in [-0.05, 0) is 18.2 Å². The van der Waals surface area contributed by atoms with Gasteiger partial charge in [-0.25, -0.2) is 4.39 Å². The van der Waals surface area contributed by atoms with Gasteiger partial charge in [0.1, 0.15) is 5.82 Å². The maximum atomic E-state index is 13.3. The third kappa shape index (κ3) is 2.15. The SMILES string of the molecule is COP(=O)(OC)c1ccc(Cl)cc1F. The Morgan fingerprint density at radius 2 is 1.93 bits per heavy atom. The standard InChI is InChI=1S/C8H9ClFO3P/c1-12-14(11,13-2)8-4-3-6(9)5-7(8)10/h3-5H,1-2H3. The largest absolute Gasteiger partial charge is 0.363 e. The summed E-state index contributed by atoms with van der Waals surface area (Å²) in [6, 6.07) is 3.76. The van der Waals surface area contributed by atoms with Crippen molar-refractivity contribution in [3.05, 3.63) is 29.0 Å². The molecule has 1 rings (SSSR count). The molecule has 3 nitrogen and oxygen atoms in total. The molecule has 0 radical (unpaired) electrons. The van der Waals surface area contributed by atoms with Crippen LogP contribution in [0.3, 0.4) is 0 Å². The minimum absolute atomic E-state index is 0.119. The molecule has 0 fully saturated rings. The summed E-state index contributed by atoms with van der Waals surface area (Å²) in [5, 5.41) is 0.108. The van der Waals surface area contributed by atoms with E-state index in [-0.39, 0.29) is 10.3 Å². The van der Waals surface area contributed by atoms with Gasteiger partial charge in [-0.1, -0.05) is 11.6 Å². The quantitative estimate of drug-likeness (QED) is 0.760. The second-order valence-electron chi connectivity index (χ2n) is 2.46. The average Bonchev–Trinajstić information content (AvgIpc) is 2.17. The van der Waals surface area contributed by atoms with Crippen molar-refractivity contribution < 1.29 is 18.0 Å². The number of hydrogen-bond donors (Lipinski definition) is 0. The van der Waals surface area contributed by atoms with Gasteiger partial charge in [0.25, 0.3) is 0 Å². The molecule has 1 aromatic carbocycles. The Kier molecular flexibility index (Phi) is 3.67. The van der Waals surface area contributed by atoms with E-state index in [2.05, 4.69) is 9.05 Å². The topological polar surface area (TPSA) is 35.5 Å². The Morgan fingerprint density at radius 1 is 1.36 bits per heavy atom. The fourth-order valence-corrected chi connectivity index (χ4v) is 2.26. The molecule has 1 aromatic rings. The molecule has 0 aliphatic rings. The van der Waals surface area contributed by atoms with Gasteiger partial charge < -0.3 is 9.05 Å². The molecule has 0 aliphatic heterocycles. The van der Waals surface area contributed by atoms with Gasteiger partial charge in [-0.2, -0.15) is 0 Å². The van der Waals surface area contributed by atoms with Crippen LogP contribution in [-0.2, 0) is 13.6 Å². The predicted octanol–water partition coefficient (Wildman–Crippen LogP) is 2.59. The zero-order valence-corrected chi connectivity index (χ0v) is 9.31. The van der Waals surface area contributed by atoms with E-state index in [1.54, 1.807) is 0 Å². The third-order valence-corrected chi connectivity index (χ3v) is 3.83. The molecule has 0 aliphatic carbocycles. The maximum Gasteiger partial charge on any atom is 0.363 e. The highest BCUT2D eigenvalue weighted by molar-refractivity contribution is 7.62. The molecular formula is C8H9ClFO3P. The van der Waals surface area contributed by atoms with E-state index in [9.17, 15) is 8.96 Å². The van der Waals surface area contributed by atoms with E-state index in [0.717, 1.165) is 6.07 Å². The van der Waals surface area contributed by atoms with Crippen LogP contribution in [0, 0.1) is 5.82 Å². The molecule has 0 aromatic heterocycles. The van der Waals surface area contributed by atoms with Crippen LogP contribution in [0.15, 0.2) is 18.2 Å². The lowest BCUT2D eigenvalue weighted by molar-refractivity contribution is 0.286. The molecule has 0 atom stereocenters. The van der Waals surface area contributed by atoms with Crippen LogP contribution < -0.4 is 5.30 Å². The van der Waals surface area contributed by atoms with E-state index in [1.165, 1.54) is 26.4 Å². The van der Waals surface area contributed by atoms with Gasteiger partial charge in [-0.15, -0.1) is 0 Å². The van der Waals surface area contributed by atoms with Crippen LogP contribution in [0.5, 0.6) is 0 Å².